The van der Waals surface area contributed by atoms with Gasteiger partial charge in [0.25, 0.3) is 0 Å². The average Bonchev–Trinajstić information content (AvgIpc) is 2.43. The second-order valence-corrected chi connectivity index (χ2v) is 5.82. The summed E-state index contributed by atoms with van der Waals surface area (Å²) >= 11 is 0. The lowest BCUT2D eigenvalue weighted by atomic mass is 10.2. The van der Waals surface area contributed by atoms with Crippen molar-refractivity contribution in [2.24, 2.45) is 0 Å². The van der Waals surface area contributed by atoms with Crippen LogP contribution in [0.2, 0.25) is 0 Å². The fourth-order valence-electron chi connectivity index (χ4n) is 1.65. The van der Waals surface area contributed by atoms with Gasteiger partial charge >= 0.3 is 6.09 Å². The van der Waals surface area contributed by atoms with Crippen molar-refractivity contribution in [3.8, 4) is 0 Å². The highest BCUT2D eigenvalue weighted by Gasteiger charge is 2.15. The van der Waals surface area contributed by atoms with Gasteiger partial charge in [0.2, 0.25) is 5.91 Å². The summed E-state index contributed by atoms with van der Waals surface area (Å²) in [4.78, 5) is 23.0. The van der Waals surface area contributed by atoms with Crippen molar-refractivity contribution in [3.63, 3.8) is 0 Å². The summed E-state index contributed by atoms with van der Waals surface area (Å²) in [6, 6.07) is 9.77. The lowest BCUT2D eigenvalue weighted by molar-refractivity contribution is -0.120. The van der Waals surface area contributed by atoms with Crippen LogP contribution in [0.5, 0.6) is 0 Å². The summed E-state index contributed by atoms with van der Waals surface area (Å²) in [6.45, 7) is 6.80. The molecule has 0 unspecified atom stereocenters. The van der Waals surface area contributed by atoms with Gasteiger partial charge in [0.05, 0.1) is 0 Å². The number of rotatable bonds is 7. The first-order chi connectivity index (χ1) is 10.4. The average molecular weight is 307 g/mol. The maximum atomic E-state index is 11.6. The second-order valence-electron chi connectivity index (χ2n) is 5.82. The highest BCUT2D eigenvalue weighted by molar-refractivity contribution is 5.77. The molecule has 0 bridgehead atoms. The minimum atomic E-state index is -0.532. The van der Waals surface area contributed by atoms with E-state index in [2.05, 4.69) is 16.0 Å². The largest absolute Gasteiger partial charge is 0.444 e. The monoisotopic (exact) mass is 307 g/mol. The van der Waals surface area contributed by atoms with Gasteiger partial charge in [-0.25, -0.2) is 4.79 Å². The van der Waals surface area contributed by atoms with Gasteiger partial charge in [-0.05, 0) is 32.9 Å². The topological polar surface area (TPSA) is 79.5 Å². The van der Waals surface area contributed by atoms with Gasteiger partial charge in [-0.3, -0.25) is 4.79 Å². The van der Waals surface area contributed by atoms with E-state index in [0.29, 0.717) is 13.1 Å². The number of nitrogens with one attached hydrogen (secondary N) is 3. The van der Waals surface area contributed by atoms with Crippen LogP contribution in [0.4, 0.5) is 10.5 Å². The molecule has 0 spiro atoms. The predicted molar refractivity (Wildman–Crippen MR) is 86.8 cm³/mol. The highest BCUT2D eigenvalue weighted by Crippen LogP contribution is 2.06. The number of ether oxygens (including phenoxy) is 1. The molecule has 1 aromatic carbocycles. The number of anilines is 1. The van der Waals surface area contributed by atoms with E-state index in [-0.39, 0.29) is 18.9 Å². The molecule has 2 amide bonds. The number of hydrogen-bond acceptors (Lipinski definition) is 4. The molecule has 0 aromatic heterocycles. The molecule has 0 aliphatic carbocycles. The van der Waals surface area contributed by atoms with Gasteiger partial charge in [-0.1, -0.05) is 18.2 Å². The molecule has 0 fully saturated rings. The van der Waals surface area contributed by atoms with Crippen LogP contribution in [0.1, 0.15) is 27.2 Å². The molecule has 1 aromatic rings. The first-order valence-corrected chi connectivity index (χ1v) is 7.39. The van der Waals surface area contributed by atoms with Crippen molar-refractivity contribution in [2.45, 2.75) is 32.8 Å². The van der Waals surface area contributed by atoms with Gasteiger partial charge in [0, 0.05) is 31.7 Å². The molecular formula is C16H25N3O3. The third kappa shape index (κ3) is 8.84. The minimum absolute atomic E-state index is 0.106. The first-order valence-electron chi connectivity index (χ1n) is 7.39. The highest BCUT2D eigenvalue weighted by atomic mass is 16.6. The van der Waals surface area contributed by atoms with E-state index in [4.69, 9.17) is 4.74 Å². The molecule has 0 radical (unpaired) electrons. The molecule has 6 heteroatoms. The Morgan fingerprint density at radius 2 is 1.68 bits per heavy atom. The molecule has 0 heterocycles. The van der Waals surface area contributed by atoms with Crippen LogP contribution in [0.15, 0.2) is 30.3 Å². The third-order valence-electron chi connectivity index (χ3n) is 2.57. The number of amides is 2. The van der Waals surface area contributed by atoms with E-state index in [1.54, 1.807) is 20.8 Å². The van der Waals surface area contributed by atoms with Gasteiger partial charge in [-0.2, -0.15) is 0 Å². The first kappa shape index (κ1) is 17.8. The molecule has 3 N–H and O–H groups in total. The van der Waals surface area contributed by atoms with Crippen LogP contribution >= 0.6 is 0 Å². The second kappa shape index (κ2) is 8.92. The van der Waals surface area contributed by atoms with Crippen molar-refractivity contribution in [2.75, 3.05) is 25.0 Å². The van der Waals surface area contributed by atoms with Gasteiger partial charge in [-0.15, -0.1) is 0 Å². The summed E-state index contributed by atoms with van der Waals surface area (Å²) in [6.07, 6.45) is -0.282. The lowest BCUT2D eigenvalue weighted by Crippen LogP contribution is -2.36. The lowest BCUT2D eigenvalue weighted by Gasteiger charge is -2.19. The number of carbonyl (C=O) groups excluding carboxylic acids is 2. The zero-order valence-corrected chi connectivity index (χ0v) is 13.4. The smallest absolute Gasteiger partial charge is 0.407 e. The van der Waals surface area contributed by atoms with Gasteiger partial charge in [0.15, 0.2) is 0 Å². The molecule has 0 saturated heterocycles. The summed E-state index contributed by atoms with van der Waals surface area (Å²) in [7, 11) is 0. The van der Waals surface area contributed by atoms with Crippen molar-refractivity contribution in [3.05, 3.63) is 30.3 Å². The normalized spacial score (nSPS) is 10.7. The molecule has 22 heavy (non-hydrogen) atoms. The minimum Gasteiger partial charge on any atom is -0.444 e. The Balaban J connectivity index is 2.05. The van der Waals surface area contributed by atoms with E-state index in [0.717, 1.165) is 5.69 Å². The van der Waals surface area contributed by atoms with Crippen LogP contribution < -0.4 is 16.0 Å². The van der Waals surface area contributed by atoms with E-state index < -0.39 is 11.7 Å². The van der Waals surface area contributed by atoms with Crippen molar-refractivity contribution >= 4 is 17.7 Å². The number of para-hydroxylation sites is 1. The summed E-state index contributed by atoms with van der Waals surface area (Å²) in [5.41, 5.74) is 0.485. The van der Waals surface area contributed by atoms with Gasteiger partial charge < -0.3 is 20.7 Å². The Morgan fingerprint density at radius 3 is 2.32 bits per heavy atom. The molecule has 0 aliphatic heterocycles. The van der Waals surface area contributed by atoms with Crippen LogP contribution in [0.3, 0.4) is 0 Å². The number of benzene rings is 1. The number of carbonyl (C=O) groups is 2. The summed E-state index contributed by atoms with van der Waals surface area (Å²) in [5, 5.41) is 8.53. The molecular weight excluding hydrogens is 282 g/mol. The number of hydrogen-bond donors (Lipinski definition) is 3. The molecule has 122 valence electrons. The van der Waals surface area contributed by atoms with Crippen LogP contribution in [-0.2, 0) is 9.53 Å². The fraction of sp³-hybridized carbons (Fsp3) is 0.500. The zero-order valence-electron chi connectivity index (χ0n) is 13.4. The van der Waals surface area contributed by atoms with Crippen molar-refractivity contribution in [1.29, 1.82) is 0 Å². The maximum absolute atomic E-state index is 11.6. The molecule has 0 aliphatic rings. The van der Waals surface area contributed by atoms with Crippen LogP contribution in [0, 0.1) is 0 Å². The third-order valence-corrected chi connectivity index (χ3v) is 2.57. The summed E-state index contributed by atoms with van der Waals surface area (Å²) in [5.74, 6) is -0.106. The van der Waals surface area contributed by atoms with E-state index >= 15 is 0 Å². The number of alkyl carbamates (subject to hydrolysis) is 1. The SMILES string of the molecule is CC(C)(C)OC(=O)NCCC(=O)NCCNc1ccccc1. The molecule has 0 saturated carbocycles. The van der Waals surface area contributed by atoms with Crippen molar-refractivity contribution < 1.29 is 14.3 Å². The Bertz CT molecular complexity index is 469. The van der Waals surface area contributed by atoms with Gasteiger partial charge in [0.1, 0.15) is 5.60 Å². The Morgan fingerprint density at radius 1 is 1.00 bits per heavy atom. The van der Waals surface area contributed by atoms with Crippen LogP contribution in [-0.4, -0.2) is 37.2 Å². The van der Waals surface area contributed by atoms with Crippen LogP contribution in [0.25, 0.3) is 0 Å². The Hall–Kier alpha value is -2.24. The molecule has 0 atom stereocenters. The predicted octanol–water partition coefficient (Wildman–Crippen LogP) is 2.13. The van der Waals surface area contributed by atoms with Crippen molar-refractivity contribution in [1.82, 2.24) is 10.6 Å². The Kier molecular flexibility index (Phi) is 7.22. The maximum Gasteiger partial charge on any atom is 0.407 e. The molecule has 6 nitrogen and oxygen atoms in total. The quantitative estimate of drug-likeness (QED) is 0.674. The van der Waals surface area contributed by atoms with E-state index in [9.17, 15) is 9.59 Å². The molecule has 1 rings (SSSR count). The Labute approximate surface area is 131 Å². The fourth-order valence-corrected chi connectivity index (χ4v) is 1.65. The van der Waals surface area contributed by atoms with E-state index in [1.807, 2.05) is 30.3 Å². The summed E-state index contributed by atoms with van der Waals surface area (Å²) < 4.78 is 5.08. The zero-order chi connectivity index (χ0) is 16.4. The standard InChI is InChI=1S/C16H25N3O3/c1-16(2,3)22-15(21)19-10-9-14(20)18-12-11-17-13-7-5-4-6-8-13/h4-8,17H,9-12H2,1-3H3,(H,18,20)(H,19,21). The van der Waals surface area contributed by atoms with E-state index in [1.165, 1.54) is 0 Å².